The average molecular weight is 473 g/mol. The molecule has 1 fully saturated rings. The minimum Gasteiger partial charge on any atom is -0.403 e. The van der Waals surface area contributed by atoms with Crippen molar-refractivity contribution in [3.63, 3.8) is 0 Å². The molecular formula is C27H36N8. The maximum Gasteiger partial charge on any atom is 0.159 e. The van der Waals surface area contributed by atoms with Gasteiger partial charge in [-0.1, -0.05) is 30.9 Å². The van der Waals surface area contributed by atoms with Crippen molar-refractivity contribution in [2.24, 2.45) is 17.4 Å². The van der Waals surface area contributed by atoms with Gasteiger partial charge in [0.05, 0.1) is 23.8 Å². The third-order valence-electron chi connectivity index (χ3n) is 5.70. The fourth-order valence-corrected chi connectivity index (χ4v) is 3.64. The maximum atomic E-state index is 8.35. The van der Waals surface area contributed by atoms with Gasteiger partial charge in [-0.2, -0.15) is 0 Å². The summed E-state index contributed by atoms with van der Waals surface area (Å²) in [6.07, 6.45) is 14.2. The molecule has 2 aromatic rings. The van der Waals surface area contributed by atoms with Gasteiger partial charge >= 0.3 is 0 Å². The first kappa shape index (κ1) is 27.2. The van der Waals surface area contributed by atoms with Crippen LogP contribution in [0.4, 0.5) is 5.69 Å². The van der Waals surface area contributed by atoms with Gasteiger partial charge in [-0.05, 0) is 49.1 Å². The number of piperidine rings is 1. The molecule has 0 atom stereocenters. The molecule has 8 heteroatoms. The van der Waals surface area contributed by atoms with Gasteiger partial charge in [-0.3, -0.25) is 0 Å². The highest BCUT2D eigenvalue weighted by atomic mass is 15.1. The van der Waals surface area contributed by atoms with E-state index in [4.69, 9.17) is 16.6 Å². The molecule has 0 spiro atoms. The number of nitrogens with zero attached hydrogens (tertiary/aromatic N) is 3. The van der Waals surface area contributed by atoms with E-state index in [1.807, 2.05) is 36.7 Å². The van der Waals surface area contributed by atoms with Crippen molar-refractivity contribution in [2.75, 3.05) is 25.0 Å². The molecule has 0 amide bonds. The molecule has 0 saturated carbocycles. The van der Waals surface area contributed by atoms with Gasteiger partial charge in [-0.25, -0.2) is 9.97 Å². The van der Waals surface area contributed by atoms with Crippen LogP contribution in [-0.2, 0) is 6.42 Å². The summed E-state index contributed by atoms with van der Waals surface area (Å²) in [6, 6.07) is 7.93. The summed E-state index contributed by atoms with van der Waals surface area (Å²) in [6.45, 7) is 9.85. The molecule has 1 saturated heterocycles. The summed E-state index contributed by atoms with van der Waals surface area (Å²) in [5, 5.41) is 18.4. The summed E-state index contributed by atoms with van der Waals surface area (Å²) >= 11 is 0. The van der Waals surface area contributed by atoms with Crippen LogP contribution in [0.5, 0.6) is 0 Å². The first-order chi connectivity index (χ1) is 17.0. The Kier molecular flexibility index (Phi) is 11.1. The van der Waals surface area contributed by atoms with Gasteiger partial charge in [0, 0.05) is 49.4 Å². The zero-order chi connectivity index (χ0) is 25.6. The Hall–Kier alpha value is -4.04. The fourth-order valence-electron chi connectivity index (χ4n) is 3.64. The van der Waals surface area contributed by atoms with E-state index in [2.05, 4.69) is 45.2 Å². The molecule has 1 aliphatic heterocycles. The number of anilines is 1. The lowest BCUT2D eigenvalue weighted by Gasteiger charge is -2.31. The minimum atomic E-state index is 0.400. The van der Waals surface area contributed by atoms with E-state index in [0.29, 0.717) is 35.1 Å². The molecule has 0 aliphatic carbocycles. The normalized spacial score (nSPS) is 14.1. The van der Waals surface area contributed by atoms with Crippen LogP contribution < -0.4 is 21.7 Å². The van der Waals surface area contributed by atoms with Crippen molar-refractivity contribution in [2.45, 2.75) is 19.3 Å². The quantitative estimate of drug-likeness (QED) is 0.202. The molecule has 1 aromatic heterocycles. The third kappa shape index (κ3) is 8.04. The first-order valence-corrected chi connectivity index (χ1v) is 11.5. The van der Waals surface area contributed by atoms with Gasteiger partial charge < -0.3 is 32.5 Å². The number of allylic oxidation sites excluding steroid dienone is 4. The Morgan fingerprint density at radius 3 is 2.51 bits per heavy atom. The number of hydrogen-bond acceptors (Lipinski definition) is 8. The predicted octanol–water partition coefficient (Wildman–Crippen LogP) is 3.79. The lowest BCUT2D eigenvalue weighted by atomic mass is 9.97. The lowest BCUT2D eigenvalue weighted by molar-refractivity contribution is 0.479. The smallest absolute Gasteiger partial charge is 0.159 e. The minimum absolute atomic E-state index is 0.400. The summed E-state index contributed by atoms with van der Waals surface area (Å²) in [7, 11) is 1.50. The number of hydrogen-bond donors (Lipinski definition) is 5. The van der Waals surface area contributed by atoms with E-state index < -0.39 is 0 Å². The van der Waals surface area contributed by atoms with Crippen LogP contribution in [-0.4, -0.2) is 42.0 Å². The van der Waals surface area contributed by atoms with Crippen molar-refractivity contribution in [3.05, 3.63) is 91.2 Å². The Labute approximate surface area is 208 Å². The van der Waals surface area contributed by atoms with Crippen LogP contribution >= 0.6 is 0 Å². The number of nitrogens with two attached hydrogens (primary N) is 2. The Balaban J connectivity index is 0.00000210. The second-order valence-corrected chi connectivity index (χ2v) is 7.95. The largest absolute Gasteiger partial charge is 0.403 e. The third-order valence-corrected chi connectivity index (χ3v) is 5.70. The van der Waals surface area contributed by atoms with Crippen LogP contribution in [0.1, 0.15) is 18.4 Å². The molecule has 0 unspecified atom stereocenters. The standard InChI is InChI=1S/C26H31N7.CH5N/c1-3-20-8-11-33(12-9-20)24-17-31-26(32-18-24)22-6-4-5-21(13-22)14-25(29)19(2)7-10-30-23(15-27)16-28;1-2/h3-7,10,13,15-18,20,27,29-30H,1-2,8-9,11-12,14,28H2;2H2,1H3/b10-7-,23-16+,27-15?,29-25?;. The second-order valence-electron chi connectivity index (χ2n) is 7.95. The Morgan fingerprint density at radius 1 is 1.23 bits per heavy atom. The zero-order valence-corrected chi connectivity index (χ0v) is 20.4. The summed E-state index contributed by atoms with van der Waals surface area (Å²) < 4.78 is 0. The summed E-state index contributed by atoms with van der Waals surface area (Å²) in [4.78, 5) is 11.5. The van der Waals surface area contributed by atoms with E-state index in [9.17, 15) is 0 Å². The predicted molar refractivity (Wildman–Crippen MR) is 147 cm³/mol. The summed E-state index contributed by atoms with van der Waals surface area (Å²) in [5.41, 5.74) is 14.3. The van der Waals surface area contributed by atoms with Crippen molar-refractivity contribution in [1.29, 1.82) is 10.8 Å². The van der Waals surface area contributed by atoms with Crippen LogP contribution in [0, 0.1) is 16.7 Å². The van der Waals surface area contributed by atoms with Crippen LogP contribution in [0.15, 0.2) is 85.6 Å². The maximum absolute atomic E-state index is 8.35. The van der Waals surface area contributed by atoms with Gasteiger partial charge in [0.25, 0.3) is 0 Å². The van der Waals surface area contributed by atoms with E-state index in [1.165, 1.54) is 13.2 Å². The summed E-state index contributed by atoms with van der Waals surface area (Å²) in [5.74, 6) is 1.27. The molecule has 1 aromatic carbocycles. The molecule has 7 N–H and O–H groups in total. The van der Waals surface area contributed by atoms with E-state index in [0.717, 1.165) is 49.0 Å². The van der Waals surface area contributed by atoms with E-state index >= 15 is 0 Å². The molecule has 35 heavy (non-hydrogen) atoms. The molecule has 1 aliphatic rings. The number of aromatic nitrogens is 2. The van der Waals surface area contributed by atoms with E-state index in [1.54, 1.807) is 12.3 Å². The molecule has 3 rings (SSSR count). The lowest BCUT2D eigenvalue weighted by Crippen LogP contribution is -2.33. The molecule has 2 heterocycles. The highest BCUT2D eigenvalue weighted by molar-refractivity contribution is 6.01. The molecule has 0 bridgehead atoms. The van der Waals surface area contributed by atoms with Crippen molar-refractivity contribution in [1.82, 2.24) is 15.3 Å². The molecule has 8 nitrogen and oxygen atoms in total. The van der Waals surface area contributed by atoms with Gasteiger partial charge in [0.2, 0.25) is 0 Å². The Bertz CT molecular complexity index is 1060. The van der Waals surface area contributed by atoms with Crippen LogP contribution in [0.3, 0.4) is 0 Å². The second kappa shape index (κ2) is 14.3. The Morgan fingerprint density at radius 2 is 1.91 bits per heavy atom. The average Bonchev–Trinajstić information content (AvgIpc) is 2.92. The van der Waals surface area contributed by atoms with Gasteiger partial charge in [0.15, 0.2) is 5.82 Å². The fraction of sp³-hybridized carbons (Fsp3) is 0.259. The SMILES string of the molecule is C=CC1CCN(c2cnc(-c3cccc(CC(=N)C(=C)/C=C\N/C(C=N)=C/N)c3)nc2)CC1.CN. The highest BCUT2D eigenvalue weighted by Gasteiger charge is 2.17. The molecule has 0 radical (unpaired) electrons. The topological polar surface area (TPSA) is 141 Å². The van der Waals surface area contributed by atoms with Crippen molar-refractivity contribution in [3.8, 4) is 11.4 Å². The van der Waals surface area contributed by atoms with Crippen LogP contribution in [0.2, 0.25) is 0 Å². The molecular weight excluding hydrogens is 436 g/mol. The van der Waals surface area contributed by atoms with E-state index in [-0.39, 0.29) is 0 Å². The van der Waals surface area contributed by atoms with Crippen LogP contribution in [0.25, 0.3) is 11.4 Å². The number of benzene rings is 1. The number of nitrogens with one attached hydrogen (secondary N) is 3. The first-order valence-electron chi connectivity index (χ1n) is 11.5. The zero-order valence-electron chi connectivity index (χ0n) is 20.4. The number of rotatable bonds is 10. The monoisotopic (exact) mass is 472 g/mol. The van der Waals surface area contributed by atoms with Crippen molar-refractivity contribution < 1.29 is 0 Å². The van der Waals surface area contributed by atoms with Gasteiger partial charge in [0.1, 0.15) is 0 Å². The van der Waals surface area contributed by atoms with Gasteiger partial charge in [-0.15, -0.1) is 6.58 Å². The highest BCUT2D eigenvalue weighted by Crippen LogP contribution is 2.24. The van der Waals surface area contributed by atoms with Crippen molar-refractivity contribution >= 4 is 17.6 Å². The molecule has 184 valence electrons.